The minimum Gasteiger partial charge on any atom is -0.550 e. The Hall–Kier alpha value is -1.88. The van der Waals surface area contributed by atoms with Crippen LogP contribution in [0.4, 0.5) is 0 Å². The number of rotatable bonds is 36. The van der Waals surface area contributed by atoms with Crippen LogP contribution in [0.5, 0.6) is 0 Å². The van der Waals surface area contributed by atoms with Crippen molar-refractivity contribution in [3.8, 4) is 0 Å². The zero-order chi connectivity index (χ0) is 40.9. The van der Waals surface area contributed by atoms with Crippen LogP contribution < -0.4 is 10.2 Å². The fourth-order valence-corrected chi connectivity index (χ4v) is 7.84. The third kappa shape index (κ3) is 31.7. The number of aliphatic carboxylic acids is 2. The van der Waals surface area contributed by atoms with Crippen molar-refractivity contribution in [3.63, 3.8) is 0 Å². The minimum absolute atomic E-state index is 0. The van der Waals surface area contributed by atoms with E-state index in [1.54, 1.807) is 0 Å². The Bertz CT molecular complexity index is 1140. The largest absolute Gasteiger partial charge is 2.00 e. The predicted molar refractivity (Wildman–Crippen MR) is 244 cm³/mol. The molecule has 0 radical (unpaired) electrons. The Morgan fingerprint density at radius 3 is 0.930 bits per heavy atom. The van der Waals surface area contributed by atoms with Crippen LogP contribution in [0.15, 0.2) is 61.7 Å². The van der Waals surface area contributed by atoms with Crippen molar-refractivity contribution in [1.29, 1.82) is 0 Å². The first kappa shape index (κ1) is 55.1. The van der Waals surface area contributed by atoms with Gasteiger partial charge in [-0.1, -0.05) is 229 Å². The molecule has 0 bridgehead atoms. The van der Waals surface area contributed by atoms with Gasteiger partial charge in [0.25, 0.3) is 0 Å². The maximum atomic E-state index is 10.5. The summed E-state index contributed by atoms with van der Waals surface area (Å²) in [5, 5.41) is 20.9. The van der Waals surface area contributed by atoms with Crippen molar-refractivity contribution in [2.45, 2.75) is 218 Å². The number of benzene rings is 2. The smallest absolute Gasteiger partial charge is 0.550 e. The van der Waals surface area contributed by atoms with Crippen LogP contribution in [0.25, 0.3) is 12.2 Å². The molecule has 0 aliphatic carbocycles. The summed E-state index contributed by atoms with van der Waals surface area (Å²) in [4.78, 5) is 20.9. The van der Waals surface area contributed by atoms with Gasteiger partial charge in [-0.05, 0) is 85.5 Å². The molecule has 316 valence electrons. The summed E-state index contributed by atoms with van der Waals surface area (Å²) < 4.78 is 0. The van der Waals surface area contributed by atoms with E-state index >= 15 is 0 Å². The third-order valence-electron chi connectivity index (χ3n) is 11.5. The van der Waals surface area contributed by atoms with Gasteiger partial charge >= 0.3 is 37.7 Å². The van der Waals surface area contributed by atoms with Crippen LogP contribution in [-0.2, 0) is 9.59 Å². The fourth-order valence-electron chi connectivity index (χ4n) is 7.84. The van der Waals surface area contributed by atoms with Gasteiger partial charge in [0, 0.05) is 11.9 Å². The maximum Gasteiger partial charge on any atom is 2.00 e. The molecule has 0 saturated carbocycles. The van der Waals surface area contributed by atoms with Crippen molar-refractivity contribution >= 4 is 61.8 Å². The molecule has 2 atom stereocenters. The van der Waals surface area contributed by atoms with Gasteiger partial charge in [0.05, 0.1) is 0 Å². The Kier molecular flexibility index (Phi) is 38.3. The summed E-state index contributed by atoms with van der Waals surface area (Å²) in [6, 6.07) is 17.8. The summed E-state index contributed by atoms with van der Waals surface area (Å²) in [5.41, 5.74) is 5.31. The molecule has 0 saturated heterocycles. The van der Waals surface area contributed by atoms with Crippen LogP contribution >= 0.6 is 0 Å². The van der Waals surface area contributed by atoms with Crippen LogP contribution in [-0.4, -0.2) is 49.7 Å². The first-order valence-corrected chi connectivity index (χ1v) is 23.2. The number of carboxylic acids is 2. The Morgan fingerprint density at radius 2 is 0.684 bits per heavy atom. The summed E-state index contributed by atoms with van der Waals surface area (Å²) in [7, 11) is 0. The summed E-state index contributed by atoms with van der Waals surface area (Å²) in [6.45, 7) is 12.2. The molecule has 0 spiro atoms. The second-order valence-electron chi connectivity index (χ2n) is 16.3. The van der Waals surface area contributed by atoms with Crippen molar-refractivity contribution in [1.82, 2.24) is 0 Å². The van der Waals surface area contributed by atoms with E-state index in [1.165, 1.54) is 164 Å². The molecule has 5 heteroatoms. The molecular formula is C52H82CaO4. The average Bonchev–Trinajstić information content (AvgIpc) is 3.21. The number of carbonyl (C=O) groups excluding carboxylic acids is 2. The molecule has 0 heterocycles. The summed E-state index contributed by atoms with van der Waals surface area (Å²) in [5.74, 6) is -0.536. The first-order valence-electron chi connectivity index (χ1n) is 23.2. The number of hydrogen-bond donors (Lipinski definition) is 0. The molecule has 0 aliphatic rings. The van der Waals surface area contributed by atoms with Gasteiger partial charge in [-0.15, -0.1) is 0 Å². The van der Waals surface area contributed by atoms with Crippen molar-refractivity contribution < 1.29 is 19.8 Å². The Morgan fingerprint density at radius 1 is 0.439 bits per heavy atom. The predicted octanol–water partition coefficient (Wildman–Crippen LogP) is 13.7. The fraction of sp³-hybridized carbons (Fsp3) is 0.654. The van der Waals surface area contributed by atoms with Gasteiger partial charge in [0.1, 0.15) is 0 Å². The number of unbranched alkanes of at least 4 members (excludes halogenated alkanes) is 20. The van der Waals surface area contributed by atoms with E-state index in [4.69, 9.17) is 0 Å². The van der Waals surface area contributed by atoms with Gasteiger partial charge in [-0.25, -0.2) is 0 Å². The van der Waals surface area contributed by atoms with E-state index in [1.807, 2.05) is 12.2 Å². The standard InChI is InChI=1S/2C26H42O2.Ca/c2*1-3-5-6-7-8-10-13-16-24(25-21-19-23(4-2)20-22-25)17-14-11-9-12-15-18-26(27)28;/h2*4,19-22,24H,2-3,5-18H2,1H3,(H,27,28);/q;;+2/p-2. The van der Waals surface area contributed by atoms with Crippen molar-refractivity contribution in [2.75, 3.05) is 0 Å². The van der Waals surface area contributed by atoms with Crippen LogP contribution in [0.3, 0.4) is 0 Å². The Balaban J connectivity index is 0.00000108. The SMILES string of the molecule is C=Cc1ccc(C(CCCCCCCCC)CCCCCCCC(=O)[O-])cc1.C=Cc1ccc(C(CCCCCCCCC)CCCCCCCC(=O)[O-])cc1.[Ca+2]. The van der Waals surface area contributed by atoms with Crippen LogP contribution in [0.1, 0.15) is 241 Å². The van der Waals surface area contributed by atoms with Gasteiger partial charge < -0.3 is 19.8 Å². The molecule has 0 fully saturated rings. The zero-order valence-electron chi connectivity index (χ0n) is 36.9. The minimum atomic E-state index is -0.919. The molecule has 0 N–H and O–H groups in total. The normalized spacial score (nSPS) is 11.8. The Labute approximate surface area is 381 Å². The quantitative estimate of drug-likeness (QED) is 0.0507. The molecule has 4 nitrogen and oxygen atoms in total. The molecule has 2 aromatic rings. The molecule has 2 unspecified atom stereocenters. The molecule has 2 rings (SSSR count). The van der Waals surface area contributed by atoms with Gasteiger partial charge in [0.2, 0.25) is 0 Å². The second kappa shape index (κ2) is 39.6. The molecule has 0 aromatic heterocycles. The zero-order valence-corrected chi connectivity index (χ0v) is 39.1. The number of hydrogen-bond acceptors (Lipinski definition) is 4. The van der Waals surface area contributed by atoms with E-state index in [2.05, 4.69) is 75.5 Å². The van der Waals surface area contributed by atoms with Gasteiger partial charge in [-0.2, -0.15) is 0 Å². The van der Waals surface area contributed by atoms with Crippen LogP contribution in [0, 0.1) is 0 Å². The molecule has 0 aliphatic heterocycles. The van der Waals surface area contributed by atoms with E-state index in [0.29, 0.717) is 11.8 Å². The van der Waals surface area contributed by atoms with Crippen molar-refractivity contribution in [3.05, 3.63) is 83.9 Å². The van der Waals surface area contributed by atoms with Crippen molar-refractivity contribution in [2.24, 2.45) is 0 Å². The van der Waals surface area contributed by atoms with E-state index < -0.39 is 11.9 Å². The number of carboxylic acid groups (broad SMARTS) is 2. The van der Waals surface area contributed by atoms with E-state index in [-0.39, 0.29) is 50.6 Å². The van der Waals surface area contributed by atoms with E-state index in [9.17, 15) is 19.8 Å². The molecule has 57 heavy (non-hydrogen) atoms. The second-order valence-corrected chi connectivity index (χ2v) is 16.3. The van der Waals surface area contributed by atoms with E-state index in [0.717, 1.165) is 38.5 Å². The first-order chi connectivity index (χ1) is 27.3. The topological polar surface area (TPSA) is 80.3 Å². The summed E-state index contributed by atoms with van der Waals surface area (Å²) >= 11 is 0. The molecule has 0 amide bonds. The summed E-state index contributed by atoms with van der Waals surface area (Å²) in [6.07, 6.45) is 39.0. The average molecular weight is 811 g/mol. The maximum absolute atomic E-state index is 10.5. The van der Waals surface area contributed by atoms with Crippen LogP contribution in [0.2, 0.25) is 0 Å². The van der Waals surface area contributed by atoms with Gasteiger partial charge in [0.15, 0.2) is 0 Å². The third-order valence-corrected chi connectivity index (χ3v) is 11.5. The molecular weight excluding hydrogens is 729 g/mol. The van der Waals surface area contributed by atoms with Gasteiger partial charge in [-0.3, -0.25) is 0 Å². The monoisotopic (exact) mass is 811 g/mol. The molecule has 2 aromatic carbocycles. The number of carbonyl (C=O) groups is 2.